The van der Waals surface area contributed by atoms with Crippen molar-refractivity contribution in [1.29, 1.82) is 0 Å². The highest BCUT2D eigenvalue weighted by atomic mass is 32.2. The van der Waals surface area contributed by atoms with Crippen LogP contribution in [-0.4, -0.2) is 20.9 Å². The van der Waals surface area contributed by atoms with Crippen molar-refractivity contribution in [2.75, 3.05) is 6.54 Å². The van der Waals surface area contributed by atoms with Crippen LogP contribution in [0, 0.1) is 19.8 Å². The van der Waals surface area contributed by atoms with Crippen LogP contribution in [0.25, 0.3) is 0 Å². The Morgan fingerprint density at radius 2 is 2.00 bits per heavy atom. The van der Waals surface area contributed by atoms with Crippen molar-refractivity contribution in [2.24, 2.45) is 11.1 Å². The Hall–Kier alpha value is -1.40. The maximum absolute atomic E-state index is 12.1. The van der Waals surface area contributed by atoms with Crippen LogP contribution in [0.5, 0.6) is 0 Å². The van der Waals surface area contributed by atoms with Gasteiger partial charge >= 0.3 is 0 Å². The molecular weight excluding hydrogens is 276 g/mol. The molecule has 0 atom stereocenters. The van der Waals surface area contributed by atoms with Crippen LogP contribution in [0.2, 0.25) is 0 Å². The lowest BCUT2D eigenvalue weighted by molar-refractivity contribution is 0.0939. The molecule has 0 bridgehead atoms. The van der Waals surface area contributed by atoms with Crippen molar-refractivity contribution >= 4 is 15.9 Å². The summed E-state index contributed by atoms with van der Waals surface area (Å²) < 4.78 is 23.1. The summed E-state index contributed by atoms with van der Waals surface area (Å²) in [7, 11) is -3.82. The molecular formula is C14H20N2O3S. The van der Waals surface area contributed by atoms with Gasteiger partial charge in [-0.05, 0) is 55.9 Å². The van der Waals surface area contributed by atoms with E-state index in [9.17, 15) is 13.2 Å². The fraction of sp³-hybridized carbons (Fsp3) is 0.500. The number of aryl methyl sites for hydroxylation is 1. The summed E-state index contributed by atoms with van der Waals surface area (Å²) >= 11 is 0. The van der Waals surface area contributed by atoms with Gasteiger partial charge in [0.25, 0.3) is 5.91 Å². The lowest BCUT2D eigenvalue weighted by Gasteiger charge is -2.25. The molecule has 1 aromatic rings. The van der Waals surface area contributed by atoms with Crippen molar-refractivity contribution in [3.8, 4) is 0 Å². The van der Waals surface area contributed by atoms with E-state index in [2.05, 4.69) is 5.32 Å². The lowest BCUT2D eigenvalue weighted by Crippen LogP contribution is -2.32. The van der Waals surface area contributed by atoms with Crippen LogP contribution in [0.4, 0.5) is 0 Å². The van der Waals surface area contributed by atoms with Crippen LogP contribution in [0.1, 0.15) is 40.7 Å². The molecule has 0 aliphatic heterocycles. The molecule has 0 aromatic heterocycles. The highest BCUT2D eigenvalue weighted by molar-refractivity contribution is 7.89. The number of sulfonamides is 1. The largest absolute Gasteiger partial charge is 0.352 e. The number of carbonyl (C=O) groups excluding carboxylic acids is 1. The van der Waals surface area contributed by atoms with E-state index in [0.717, 1.165) is 18.4 Å². The molecule has 5 nitrogen and oxygen atoms in total. The van der Waals surface area contributed by atoms with Crippen molar-refractivity contribution in [3.05, 3.63) is 28.8 Å². The molecule has 0 saturated heterocycles. The van der Waals surface area contributed by atoms with Gasteiger partial charge in [-0.15, -0.1) is 0 Å². The minimum absolute atomic E-state index is 0.0197. The number of benzene rings is 1. The molecule has 0 unspecified atom stereocenters. The van der Waals surface area contributed by atoms with Gasteiger partial charge in [0.05, 0.1) is 4.90 Å². The standard InChI is InChI=1S/C14H20N2O3S/c1-9-6-12(7-13(10(9)2)20(15,18)19)14(17)16-8-11-4-3-5-11/h6-7,11H,3-5,8H2,1-2H3,(H,16,17)(H2,15,18,19). The van der Waals surface area contributed by atoms with Crippen molar-refractivity contribution in [3.63, 3.8) is 0 Å². The zero-order valence-electron chi connectivity index (χ0n) is 11.8. The summed E-state index contributed by atoms with van der Waals surface area (Å²) in [4.78, 5) is 12.1. The zero-order chi connectivity index (χ0) is 14.9. The number of rotatable bonds is 4. The van der Waals surface area contributed by atoms with E-state index in [4.69, 9.17) is 5.14 Å². The third kappa shape index (κ3) is 3.19. The Morgan fingerprint density at radius 3 is 2.50 bits per heavy atom. The third-order valence-corrected chi connectivity index (χ3v) is 5.00. The van der Waals surface area contributed by atoms with Gasteiger partial charge < -0.3 is 5.32 Å². The first-order valence-corrected chi connectivity index (χ1v) is 8.26. The maximum Gasteiger partial charge on any atom is 0.251 e. The van der Waals surface area contributed by atoms with E-state index in [1.54, 1.807) is 19.9 Å². The molecule has 0 spiro atoms. The first-order chi connectivity index (χ1) is 9.29. The molecule has 1 fully saturated rings. The third-order valence-electron chi connectivity index (χ3n) is 3.96. The number of hydrogen-bond acceptors (Lipinski definition) is 3. The number of carbonyl (C=O) groups is 1. The van der Waals surface area contributed by atoms with Gasteiger partial charge in [0, 0.05) is 12.1 Å². The van der Waals surface area contributed by atoms with E-state index in [0.29, 0.717) is 23.6 Å². The molecule has 0 radical (unpaired) electrons. The van der Waals surface area contributed by atoms with Gasteiger partial charge in [-0.3, -0.25) is 4.79 Å². The van der Waals surface area contributed by atoms with E-state index in [1.807, 2.05) is 0 Å². The molecule has 110 valence electrons. The molecule has 1 amide bonds. The Morgan fingerprint density at radius 1 is 1.35 bits per heavy atom. The normalized spacial score (nSPS) is 15.8. The fourth-order valence-electron chi connectivity index (χ4n) is 2.29. The summed E-state index contributed by atoms with van der Waals surface area (Å²) in [6.45, 7) is 4.11. The van der Waals surface area contributed by atoms with Gasteiger partial charge in [-0.1, -0.05) is 6.42 Å². The SMILES string of the molecule is Cc1cc(C(=O)NCC2CCC2)cc(S(N)(=O)=O)c1C. The summed E-state index contributed by atoms with van der Waals surface area (Å²) in [6.07, 6.45) is 3.52. The second-order valence-electron chi connectivity index (χ2n) is 5.47. The second-order valence-corrected chi connectivity index (χ2v) is 7.00. The topological polar surface area (TPSA) is 89.3 Å². The number of hydrogen-bond donors (Lipinski definition) is 2. The molecule has 3 N–H and O–H groups in total. The van der Waals surface area contributed by atoms with Crippen molar-refractivity contribution < 1.29 is 13.2 Å². The zero-order valence-corrected chi connectivity index (χ0v) is 12.6. The highest BCUT2D eigenvalue weighted by Crippen LogP contribution is 2.25. The smallest absolute Gasteiger partial charge is 0.251 e. The van der Waals surface area contributed by atoms with Crippen LogP contribution in [0.3, 0.4) is 0 Å². The van der Waals surface area contributed by atoms with Gasteiger partial charge in [0.2, 0.25) is 10.0 Å². The Kier molecular flexibility index (Phi) is 4.15. The Bertz CT molecular complexity index is 634. The first-order valence-electron chi connectivity index (χ1n) is 6.71. The van der Waals surface area contributed by atoms with E-state index >= 15 is 0 Å². The quantitative estimate of drug-likeness (QED) is 0.882. The minimum atomic E-state index is -3.82. The predicted molar refractivity (Wildman–Crippen MR) is 77.0 cm³/mol. The summed E-state index contributed by atoms with van der Waals surface area (Å²) in [6, 6.07) is 3.05. The molecule has 2 rings (SSSR count). The molecule has 6 heteroatoms. The number of nitrogens with two attached hydrogens (primary N) is 1. The molecule has 0 heterocycles. The van der Waals surface area contributed by atoms with E-state index in [-0.39, 0.29) is 10.8 Å². The number of primary sulfonamides is 1. The predicted octanol–water partition coefficient (Wildman–Crippen LogP) is 1.48. The van der Waals surface area contributed by atoms with Crippen LogP contribution in [0.15, 0.2) is 17.0 Å². The molecule has 1 aromatic carbocycles. The second kappa shape index (κ2) is 5.54. The summed E-state index contributed by atoms with van der Waals surface area (Å²) in [5, 5.41) is 8.04. The first kappa shape index (κ1) is 15.0. The molecule has 1 saturated carbocycles. The average Bonchev–Trinajstić information content (AvgIpc) is 2.28. The number of amides is 1. The average molecular weight is 296 g/mol. The van der Waals surface area contributed by atoms with Gasteiger partial charge in [-0.25, -0.2) is 13.6 Å². The van der Waals surface area contributed by atoms with Gasteiger partial charge in [-0.2, -0.15) is 0 Å². The monoisotopic (exact) mass is 296 g/mol. The van der Waals surface area contributed by atoms with Crippen molar-refractivity contribution in [2.45, 2.75) is 38.0 Å². The molecule has 1 aliphatic carbocycles. The lowest BCUT2D eigenvalue weighted by atomic mass is 9.85. The maximum atomic E-state index is 12.1. The Labute approximate surface area is 119 Å². The summed E-state index contributed by atoms with van der Waals surface area (Å²) in [5.74, 6) is 0.313. The minimum Gasteiger partial charge on any atom is -0.352 e. The number of nitrogens with one attached hydrogen (secondary N) is 1. The van der Waals surface area contributed by atoms with Crippen LogP contribution >= 0.6 is 0 Å². The Balaban J connectivity index is 2.23. The molecule has 1 aliphatic rings. The fourth-order valence-corrected chi connectivity index (χ4v) is 3.17. The van der Waals surface area contributed by atoms with Gasteiger partial charge in [0.1, 0.15) is 0 Å². The van der Waals surface area contributed by atoms with Crippen LogP contribution < -0.4 is 10.5 Å². The van der Waals surface area contributed by atoms with E-state index < -0.39 is 10.0 Å². The summed E-state index contributed by atoms with van der Waals surface area (Å²) in [5.41, 5.74) is 1.67. The van der Waals surface area contributed by atoms with Gasteiger partial charge in [0.15, 0.2) is 0 Å². The van der Waals surface area contributed by atoms with Crippen LogP contribution in [-0.2, 0) is 10.0 Å². The van der Waals surface area contributed by atoms with Crippen molar-refractivity contribution in [1.82, 2.24) is 5.32 Å². The van der Waals surface area contributed by atoms with E-state index in [1.165, 1.54) is 12.5 Å². The molecule has 20 heavy (non-hydrogen) atoms. The highest BCUT2D eigenvalue weighted by Gasteiger charge is 2.20.